The standard InChI is InChI=1S/C13H20N6O/c20-13(8-18-6-9-5-10(9)7-18)19(11-1-2-11)4-3-12-14-16-17-15-12/h9-11H,1-8H2,(H,14,15,16,17). The Morgan fingerprint density at radius 3 is 2.80 bits per heavy atom. The molecule has 3 fully saturated rings. The highest BCUT2D eigenvalue weighted by atomic mass is 16.2. The van der Waals surface area contributed by atoms with E-state index in [1.807, 2.05) is 4.90 Å². The minimum absolute atomic E-state index is 0.275. The van der Waals surface area contributed by atoms with Crippen LogP contribution < -0.4 is 0 Å². The molecule has 2 atom stereocenters. The summed E-state index contributed by atoms with van der Waals surface area (Å²) in [6.45, 7) is 3.55. The predicted molar refractivity (Wildman–Crippen MR) is 70.7 cm³/mol. The number of tetrazole rings is 1. The van der Waals surface area contributed by atoms with E-state index in [-0.39, 0.29) is 5.91 Å². The highest BCUT2D eigenvalue weighted by Gasteiger charge is 2.45. The second kappa shape index (κ2) is 4.80. The summed E-state index contributed by atoms with van der Waals surface area (Å²) in [6.07, 6.45) is 4.35. The Hall–Kier alpha value is -1.50. The van der Waals surface area contributed by atoms with E-state index >= 15 is 0 Å². The van der Waals surface area contributed by atoms with E-state index in [2.05, 4.69) is 25.5 Å². The summed E-state index contributed by atoms with van der Waals surface area (Å²) >= 11 is 0. The Kier molecular flexibility index (Phi) is 2.94. The molecule has 7 heteroatoms. The van der Waals surface area contributed by atoms with Gasteiger partial charge < -0.3 is 4.90 Å². The van der Waals surface area contributed by atoms with Gasteiger partial charge in [-0.3, -0.25) is 9.69 Å². The van der Waals surface area contributed by atoms with Crippen LogP contribution in [0.15, 0.2) is 0 Å². The van der Waals surface area contributed by atoms with Gasteiger partial charge in [-0.15, -0.1) is 10.2 Å². The molecule has 2 heterocycles. The second-order valence-electron chi connectivity index (χ2n) is 6.35. The van der Waals surface area contributed by atoms with Gasteiger partial charge in [0.2, 0.25) is 5.91 Å². The smallest absolute Gasteiger partial charge is 0.237 e. The molecule has 3 aliphatic rings. The molecule has 0 bridgehead atoms. The first-order valence-corrected chi connectivity index (χ1v) is 7.54. The lowest BCUT2D eigenvalue weighted by Gasteiger charge is -2.25. The number of aromatic nitrogens is 4. The Labute approximate surface area is 117 Å². The normalized spacial score (nSPS) is 28.4. The van der Waals surface area contributed by atoms with Crippen molar-refractivity contribution in [2.45, 2.75) is 31.7 Å². The van der Waals surface area contributed by atoms with Crippen LogP contribution in [0.4, 0.5) is 0 Å². The molecular weight excluding hydrogens is 256 g/mol. The molecule has 2 aliphatic carbocycles. The molecule has 1 aliphatic heterocycles. The van der Waals surface area contributed by atoms with E-state index in [0.717, 1.165) is 37.8 Å². The third-order valence-electron chi connectivity index (χ3n) is 4.69. The minimum Gasteiger partial charge on any atom is -0.338 e. The van der Waals surface area contributed by atoms with E-state index in [1.54, 1.807) is 0 Å². The maximum Gasteiger partial charge on any atom is 0.237 e. The number of hydrogen-bond acceptors (Lipinski definition) is 5. The van der Waals surface area contributed by atoms with Crippen molar-refractivity contribution in [3.05, 3.63) is 5.82 Å². The fourth-order valence-corrected chi connectivity index (χ4v) is 3.31. The summed E-state index contributed by atoms with van der Waals surface area (Å²) in [5, 5.41) is 13.9. The van der Waals surface area contributed by atoms with Crippen LogP contribution in [0.25, 0.3) is 0 Å². The van der Waals surface area contributed by atoms with Gasteiger partial charge in [-0.05, 0) is 31.1 Å². The summed E-state index contributed by atoms with van der Waals surface area (Å²) in [5.74, 6) is 2.73. The molecule has 2 saturated carbocycles. The van der Waals surface area contributed by atoms with Crippen LogP contribution in [0.1, 0.15) is 25.1 Å². The Balaban J connectivity index is 1.31. The third-order valence-corrected chi connectivity index (χ3v) is 4.69. The fraction of sp³-hybridized carbons (Fsp3) is 0.846. The summed E-state index contributed by atoms with van der Waals surface area (Å²) in [4.78, 5) is 16.8. The van der Waals surface area contributed by atoms with Gasteiger partial charge in [-0.25, -0.2) is 0 Å². The molecule has 1 N–H and O–H groups in total. The van der Waals surface area contributed by atoms with Gasteiger partial charge in [0.05, 0.1) is 6.54 Å². The summed E-state index contributed by atoms with van der Waals surface area (Å²) in [7, 11) is 0. The number of carbonyl (C=O) groups excluding carboxylic acids is 1. The van der Waals surface area contributed by atoms with Gasteiger partial charge in [0.15, 0.2) is 5.82 Å². The Morgan fingerprint density at radius 2 is 2.15 bits per heavy atom. The van der Waals surface area contributed by atoms with Crippen molar-refractivity contribution < 1.29 is 4.79 Å². The molecular formula is C13H20N6O. The lowest BCUT2D eigenvalue weighted by molar-refractivity contribution is -0.132. The van der Waals surface area contributed by atoms with Crippen LogP contribution in [0, 0.1) is 11.8 Å². The van der Waals surface area contributed by atoms with Crippen molar-refractivity contribution in [1.82, 2.24) is 30.4 Å². The van der Waals surface area contributed by atoms with Gasteiger partial charge in [0.1, 0.15) is 0 Å². The van der Waals surface area contributed by atoms with Crippen LogP contribution in [-0.2, 0) is 11.2 Å². The van der Waals surface area contributed by atoms with Crippen molar-refractivity contribution in [2.75, 3.05) is 26.2 Å². The molecule has 1 aromatic heterocycles. The number of hydrogen-bond donors (Lipinski definition) is 1. The van der Waals surface area contributed by atoms with Crippen LogP contribution in [0.3, 0.4) is 0 Å². The zero-order chi connectivity index (χ0) is 13.5. The van der Waals surface area contributed by atoms with Gasteiger partial charge in [0.25, 0.3) is 0 Å². The summed E-state index contributed by atoms with van der Waals surface area (Å²) in [6, 6.07) is 0.450. The number of nitrogens with zero attached hydrogens (tertiary/aromatic N) is 5. The number of fused-ring (bicyclic) bond motifs is 1. The average molecular weight is 276 g/mol. The minimum atomic E-state index is 0.275. The van der Waals surface area contributed by atoms with E-state index < -0.39 is 0 Å². The molecule has 1 saturated heterocycles. The number of piperidine rings is 1. The van der Waals surface area contributed by atoms with Gasteiger partial charge in [-0.2, -0.15) is 5.21 Å². The number of likely N-dealkylation sites (tertiary alicyclic amines) is 1. The number of aromatic amines is 1. The maximum absolute atomic E-state index is 12.5. The molecule has 4 rings (SSSR count). The number of carbonyl (C=O) groups is 1. The van der Waals surface area contributed by atoms with E-state index in [0.29, 0.717) is 31.4 Å². The zero-order valence-electron chi connectivity index (χ0n) is 11.5. The van der Waals surface area contributed by atoms with Crippen molar-refractivity contribution in [3.8, 4) is 0 Å². The topological polar surface area (TPSA) is 78.0 Å². The Bertz CT molecular complexity index is 475. The molecule has 108 valence electrons. The van der Waals surface area contributed by atoms with E-state index in [4.69, 9.17) is 0 Å². The van der Waals surface area contributed by atoms with Crippen molar-refractivity contribution in [3.63, 3.8) is 0 Å². The molecule has 0 radical (unpaired) electrons. The van der Waals surface area contributed by atoms with Gasteiger partial charge in [0, 0.05) is 32.1 Å². The lowest BCUT2D eigenvalue weighted by atomic mass is 10.3. The van der Waals surface area contributed by atoms with Crippen LogP contribution in [-0.4, -0.2) is 68.6 Å². The highest BCUT2D eigenvalue weighted by Crippen LogP contribution is 2.44. The SMILES string of the molecule is O=C(CN1CC2CC2C1)N(CCc1nn[nH]n1)C1CC1. The molecule has 1 amide bonds. The summed E-state index contributed by atoms with van der Waals surface area (Å²) < 4.78 is 0. The quantitative estimate of drug-likeness (QED) is 0.771. The van der Waals surface area contributed by atoms with E-state index in [1.165, 1.54) is 6.42 Å². The Morgan fingerprint density at radius 1 is 1.35 bits per heavy atom. The molecule has 0 aromatic carbocycles. The fourth-order valence-electron chi connectivity index (χ4n) is 3.31. The lowest BCUT2D eigenvalue weighted by Crippen LogP contribution is -2.42. The first-order chi connectivity index (χ1) is 9.79. The predicted octanol–water partition coefficient (Wildman–Crippen LogP) is -0.315. The largest absolute Gasteiger partial charge is 0.338 e. The number of rotatable bonds is 6. The number of H-pyrrole nitrogens is 1. The first-order valence-electron chi connectivity index (χ1n) is 7.54. The highest BCUT2D eigenvalue weighted by molar-refractivity contribution is 5.79. The first kappa shape index (κ1) is 12.3. The van der Waals surface area contributed by atoms with E-state index in [9.17, 15) is 4.79 Å². The van der Waals surface area contributed by atoms with Crippen molar-refractivity contribution in [2.24, 2.45) is 11.8 Å². The molecule has 7 nitrogen and oxygen atoms in total. The average Bonchev–Trinajstić information content (AvgIpc) is 3.30. The third kappa shape index (κ3) is 2.54. The maximum atomic E-state index is 12.5. The van der Waals surface area contributed by atoms with Crippen molar-refractivity contribution >= 4 is 5.91 Å². The van der Waals surface area contributed by atoms with Crippen LogP contribution in [0.5, 0.6) is 0 Å². The number of nitrogens with one attached hydrogen (secondary N) is 1. The molecule has 1 aromatic rings. The second-order valence-corrected chi connectivity index (χ2v) is 6.35. The molecule has 0 spiro atoms. The van der Waals surface area contributed by atoms with Gasteiger partial charge >= 0.3 is 0 Å². The van der Waals surface area contributed by atoms with Crippen LogP contribution >= 0.6 is 0 Å². The summed E-state index contributed by atoms with van der Waals surface area (Å²) in [5.41, 5.74) is 0. The van der Waals surface area contributed by atoms with Crippen molar-refractivity contribution in [1.29, 1.82) is 0 Å². The van der Waals surface area contributed by atoms with Crippen LogP contribution in [0.2, 0.25) is 0 Å². The monoisotopic (exact) mass is 276 g/mol. The molecule has 2 unspecified atom stereocenters. The molecule has 20 heavy (non-hydrogen) atoms. The zero-order valence-corrected chi connectivity index (χ0v) is 11.5. The van der Waals surface area contributed by atoms with Gasteiger partial charge in [-0.1, -0.05) is 5.21 Å². The number of amides is 1.